The summed E-state index contributed by atoms with van der Waals surface area (Å²) in [6.45, 7) is 0.804. The normalized spacial score (nSPS) is 15.5. The van der Waals surface area contributed by atoms with E-state index < -0.39 is 22.3 Å². The Hall–Kier alpha value is -4.44. The predicted octanol–water partition coefficient (Wildman–Crippen LogP) is 3.23. The highest BCUT2D eigenvalue weighted by molar-refractivity contribution is 5.97. The SMILES string of the molecule is Cn1c(=O)c2c(-c3cccc([N+](=O)[O-])c3)n3c(c2n(C)c1=O)C(c1cn(C)c2ccccc12)OCC3. The monoisotopic (exact) mass is 485 g/mol. The largest absolute Gasteiger partial charge is 0.365 e. The molecule has 1 unspecified atom stereocenters. The zero-order valence-corrected chi connectivity index (χ0v) is 20.0. The highest BCUT2D eigenvalue weighted by Crippen LogP contribution is 2.43. The molecule has 0 saturated heterocycles. The van der Waals surface area contributed by atoms with Crippen molar-refractivity contribution in [2.24, 2.45) is 21.1 Å². The molecule has 5 aromatic rings. The van der Waals surface area contributed by atoms with Gasteiger partial charge in [0.1, 0.15) is 6.10 Å². The van der Waals surface area contributed by atoms with Crippen LogP contribution in [0.4, 0.5) is 5.69 Å². The zero-order valence-electron chi connectivity index (χ0n) is 20.0. The second-order valence-corrected chi connectivity index (χ2v) is 9.09. The van der Waals surface area contributed by atoms with Crippen molar-refractivity contribution in [2.75, 3.05) is 6.61 Å². The van der Waals surface area contributed by atoms with Crippen LogP contribution in [0.25, 0.3) is 33.1 Å². The maximum Gasteiger partial charge on any atom is 0.331 e. The van der Waals surface area contributed by atoms with Crippen molar-refractivity contribution in [2.45, 2.75) is 12.6 Å². The Bertz CT molecular complexity index is 1840. The van der Waals surface area contributed by atoms with Crippen molar-refractivity contribution in [1.29, 1.82) is 0 Å². The van der Waals surface area contributed by atoms with Gasteiger partial charge in [0.05, 0.1) is 33.8 Å². The lowest BCUT2D eigenvalue weighted by atomic mass is 10.0. The highest BCUT2D eigenvalue weighted by atomic mass is 16.6. The van der Waals surface area contributed by atoms with Crippen LogP contribution in [0.3, 0.4) is 0 Å². The Morgan fingerprint density at radius 2 is 1.81 bits per heavy atom. The molecule has 0 amide bonds. The number of fused-ring (bicyclic) bond motifs is 4. The number of hydrogen-bond donors (Lipinski definition) is 0. The minimum atomic E-state index is -0.544. The van der Waals surface area contributed by atoms with Crippen LogP contribution in [0.1, 0.15) is 17.4 Å². The van der Waals surface area contributed by atoms with Gasteiger partial charge in [0.2, 0.25) is 0 Å². The number of aromatic nitrogens is 4. The summed E-state index contributed by atoms with van der Waals surface area (Å²) in [4.78, 5) is 37.6. The average Bonchev–Trinajstić information content (AvgIpc) is 3.42. The van der Waals surface area contributed by atoms with E-state index in [-0.39, 0.29) is 5.69 Å². The molecule has 10 nitrogen and oxygen atoms in total. The summed E-state index contributed by atoms with van der Waals surface area (Å²) < 4.78 is 12.9. The quantitative estimate of drug-likeness (QED) is 0.288. The second-order valence-electron chi connectivity index (χ2n) is 9.09. The summed E-state index contributed by atoms with van der Waals surface area (Å²) in [6, 6.07) is 14.2. The van der Waals surface area contributed by atoms with Gasteiger partial charge < -0.3 is 13.9 Å². The van der Waals surface area contributed by atoms with Gasteiger partial charge >= 0.3 is 5.69 Å². The molecule has 3 aromatic heterocycles. The smallest absolute Gasteiger partial charge is 0.331 e. The molecular weight excluding hydrogens is 462 g/mol. The summed E-state index contributed by atoms with van der Waals surface area (Å²) in [6.07, 6.45) is 1.47. The first-order valence-corrected chi connectivity index (χ1v) is 11.5. The number of ether oxygens (including phenoxy) is 1. The second kappa shape index (κ2) is 7.79. The van der Waals surface area contributed by atoms with Gasteiger partial charge in [-0.25, -0.2) is 4.79 Å². The number of nitro benzene ring substituents is 1. The molecule has 6 rings (SSSR count). The third-order valence-corrected chi connectivity index (χ3v) is 7.09. The van der Waals surface area contributed by atoms with Crippen LogP contribution in [-0.2, 0) is 32.4 Å². The summed E-state index contributed by atoms with van der Waals surface area (Å²) in [5.41, 5.74) is 3.23. The zero-order chi connectivity index (χ0) is 25.3. The van der Waals surface area contributed by atoms with Crippen LogP contribution in [0.5, 0.6) is 0 Å². The number of rotatable bonds is 3. The first kappa shape index (κ1) is 22.1. The van der Waals surface area contributed by atoms with Crippen LogP contribution in [-0.4, -0.2) is 29.8 Å². The van der Waals surface area contributed by atoms with Crippen LogP contribution in [0.2, 0.25) is 0 Å². The summed E-state index contributed by atoms with van der Waals surface area (Å²) in [5.74, 6) is 0. The Balaban J connectivity index is 1.76. The van der Waals surface area contributed by atoms with E-state index in [0.29, 0.717) is 41.0 Å². The number of nitrogens with zero attached hydrogens (tertiary/aromatic N) is 5. The molecule has 2 aromatic carbocycles. The molecule has 0 fully saturated rings. The number of hydrogen-bond acceptors (Lipinski definition) is 5. The van der Waals surface area contributed by atoms with Crippen LogP contribution >= 0.6 is 0 Å². The standard InChI is InChI=1S/C26H23N5O5/c1-27-14-18(17-9-4-5-10-19(17)27)24-23-22-20(25(32)29(3)26(33)28(22)2)21(30(23)11-12-36-24)15-7-6-8-16(13-15)31(34)35/h4-10,13-14,24H,11-12H2,1-3H3. The maximum absolute atomic E-state index is 13.5. The Labute approximate surface area is 204 Å². The first-order valence-electron chi connectivity index (χ1n) is 11.5. The van der Waals surface area contributed by atoms with Gasteiger partial charge in [-0.15, -0.1) is 0 Å². The molecule has 0 bridgehead atoms. The van der Waals surface area contributed by atoms with Crippen molar-refractivity contribution in [3.05, 3.63) is 96.9 Å². The Morgan fingerprint density at radius 3 is 2.58 bits per heavy atom. The van der Waals surface area contributed by atoms with Crippen molar-refractivity contribution >= 4 is 27.5 Å². The van der Waals surface area contributed by atoms with Crippen molar-refractivity contribution in [3.63, 3.8) is 0 Å². The lowest BCUT2D eigenvalue weighted by Gasteiger charge is -2.27. The summed E-state index contributed by atoms with van der Waals surface area (Å²) >= 11 is 0. The van der Waals surface area contributed by atoms with Crippen molar-refractivity contribution in [3.8, 4) is 11.3 Å². The Morgan fingerprint density at radius 1 is 1.03 bits per heavy atom. The molecule has 4 heterocycles. The highest BCUT2D eigenvalue weighted by Gasteiger charge is 2.34. The average molecular weight is 486 g/mol. The van der Waals surface area contributed by atoms with Crippen molar-refractivity contribution < 1.29 is 9.66 Å². The molecule has 1 atom stereocenters. The molecule has 36 heavy (non-hydrogen) atoms. The fourth-order valence-electron chi connectivity index (χ4n) is 5.47. The molecule has 182 valence electrons. The minimum absolute atomic E-state index is 0.0736. The fraction of sp³-hybridized carbons (Fsp3) is 0.231. The number of aryl methyl sites for hydroxylation is 2. The molecule has 0 saturated carbocycles. The van der Waals surface area contributed by atoms with E-state index in [0.717, 1.165) is 21.0 Å². The fourth-order valence-corrected chi connectivity index (χ4v) is 5.47. The molecule has 0 radical (unpaired) electrons. The van der Waals surface area contributed by atoms with E-state index >= 15 is 0 Å². The van der Waals surface area contributed by atoms with Gasteiger partial charge in [-0.3, -0.25) is 24.0 Å². The van der Waals surface area contributed by atoms with E-state index in [1.54, 1.807) is 19.2 Å². The number of non-ortho nitro benzene ring substituents is 1. The number of nitro groups is 1. The third kappa shape index (κ3) is 2.94. The summed E-state index contributed by atoms with van der Waals surface area (Å²) in [5, 5.41) is 12.9. The lowest BCUT2D eigenvalue weighted by molar-refractivity contribution is -0.384. The predicted molar refractivity (Wildman–Crippen MR) is 135 cm³/mol. The third-order valence-electron chi connectivity index (χ3n) is 7.09. The van der Waals surface area contributed by atoms with E-state index in [9.17, 15) is 19.7 Å². The van der Waals surface area contributed by atoms with E-state index in [1.807, 2.05) is 46.6 Å². The molecule has 1 aliphatic heterocycles. The van der Waals surface area contributed by atoms with Gasteiger partial charge in [0.25, 0.3) is 11.2 Å². The van der Waals surface area contributed by atoms with Crippen LogP contribution < -0.4 is 11.2 Å². The number of para-hydroxylation sites is 1. The lowest BCUT2D eigenvalue weighted by Crippen LogP contribution is -2.37. The van der Waals surface area contributed by atoms with E-state index in [1.165, 1.54) is 23.7 Å². The topological polar surface area (TPSA) is 106 Å². The number of benzene rings is 2. The Kier molecular flexibility index (Phi) is 4.77. The minimum Gasteiger partial charge on any atom is -0.365 e. The van der Waals surface area contributed by atoms with Crippen LogP contribution in [0.15, 0.2) is 64.3 Å². The van der Waals surface area contributed by atoms with Crippen LogP contribution in [0, 0.1) is 10.1 Å². The van der Waals surface area contributed by atoms with Gasteiger partial charge in [-0.05, 0) is 6.07 Å². The molecule has 0 spiro atoms. The summed E-state index contributed by atoms with van der Waals surface area (Å²) in [7, 11) is 5.04. The molecule has 0 N–H and O–H groups in total. The molecule has 0 aliphatic carbocycles. The molecule has 10 heteroatoms. The van der Waals surface area contributed by atoms with Gasteiger partial charge in [0.15, 0.2) is 0 Å². The van der Waals surface area contributed by atoms with E-state index in [4.69, 9.17) is 4.74 Å². The van der Waals surface area contributed by atoms with Gasteiger partial charge in [0, 0.05) is 68.0 Å². The molecule has 1 aliphatic rings. The van der Waals surface area contributed by atoms with E-state index in [2.05, 4.69) is 0 Å². The first-order chi connectivity index (χ1) is 17.3. The van der Waals surface area contributed by atoms with Crippen molar-refractivity contribution in [1.82, 2.24) is 18.3 Å². The maximum atomic E-state index is 13.5. The van der Waals surface area contributed by atoms with Gasteiger partial charge in [-0.1, -0.05) is 30.3 Å². The molecular formula is C26H23N5O5. The van der Waals surface area contributed by atoms with Gasteiger partial charge in [-0.2, -0.15) is 0 Å².